The smallest absolute Gasteiger partial charge is 0.408 e. The highest BCUT2D eigenvalue weighted by Crippen LogP contribution is 2.22. The van der Waals surface area contributed by atoms with Crippen molar-refractivity contribution in [3.8, 4) is 11.5 Å². The average molecular weight is 546 g/mol. The van der Waals surface area contributed by atoms with Crippen LogP contribution in [0.2, 0.25) is 0 Å². The number of rotatable bonds is 10. The Kier molecular flexibility index (Phi) is 9.75. The second kappa shape index (κ2) is 13.6. The first-order valence-corrected chi connectivity index (χ1v) is 13.4. The first-order valence-electron chi connectivity index (χ1n) is 13.4. The number of likely N-dealkylation sites (tertiary alicyclic amines) is 1. The molecule has 0 spiro atoms. The Labute approximate surface area is 234 Å². The van der Waals surface area contributed by atoms with Gasteiger partial charge in [0.25, 0.3) is 5.91 Å². The summed E-state index contributed by atoms with van der Waals surface area (Å²) < 4.78 is 11.1. The van der Waals surface area contributed by atoms with Gasteiger partial charge < -0.3 is 30.1 Å². The molecule has 3 atom stereocenters. The molecule has 1 saturated heterocycles. The number of hydrogen-bond donors (Lipinski definition) is 3. The Bertz CT molecular complexity index is 1270. The van der Waals surface area contributed by atoms with Gasteiger partial charge in [-0.15, -0.1) is 0 Å². The van der Waals surface area contributed by atoms with Crippen LogP contribution in [0, 0.1) is 5.92 Å². The van der Waals surface area contributed by atoms with Gasteiger partial charge in [0.15, 0.2) is 0 Å². The molecule has 40 heavy (non-hydrogen) atoms. The van der Waals surface area contributed by atoms with E-state index in [-0.39, 0.29) is 37.4 Å². The van der Waals surface area contributed by atoms with Crippen molar-refractivity contribution in [2.45, 2.75) is 45.1 Å². The predicted molar refractivity (Wildman–Crippen MR) is 150 cm³/mol. The van der Waals surface area contributed by atoms with E-state index in [0.717, 1.165) is 5.56 Å². The molecule has 2 unspecified atom stereocenters. The first kappa shape index (κ1) is 28.6. The summed E-state index contributed by atoms with van der Waals surface area (Å²) in [4.78, 5) is 40.1. The maximum Gasteiger partial charge on any atom is 0.408 e. The van der Waals surface area contributed by atoms with Crippen molar-refractivity contribution in [2.24, 2.45) is 5.92 Å². The minimum atomic E-state index is -0.946. The molecule has 210 valence electrons. The molecule has 3 aromatic rings. The number of nitrogens with zero attached hydrogens (tertiary/aromatic N) is 1. The second-order valence-corrected chi connectivity index (χ2v) is 10.2. The Morgan fingerprint density at radius 3 is 2.17 bits per heavy atom. The molecule has 0 saturated carbocycles. The highest BCUT2D eigenvalue weighted by atomic mass is 16.5. The van der Waals surface area contributed by atoms with Crippen molar-refractivity contribution in [1.29, 1.82) is 0 Å². The van der Waals surface area contributed by atoms with Crippen LogP contribution in [0.4, 0.5) is 4.79 Å². The molecule has 9 heteroatoms. The molecule has 1 aliphatic heterocycles. The molecule has 1 fully saturated rings. The Hall–Kier alpha value is -4.37. The lowest BCUT2D eigenvalue weighted by atomic mass is 10.0. The number of nitrogens with one attached hydrogen (secondary N) is 2. The van der Waals surface area contributed by atoms with E-state index in [2.05, 4.69) is 10.6 Å². The maximum atomic E-state index is 13.3. The number of hydrogen-bond acceptors (Lipinski definition) is 6. The fourth-order valence-electron chi connectivity index (χ4n) is 4.48. The number of β-amino-alcohol motifs (C(OH)–C–C–N with tert-alkyl or cyclic N) is 1. The van der Waals surface area contributed by atoms with Gasteiger partial charge in [-0.2, -0.15) is 0 Å². The predicted octanol–water partition coefficient (Wildman–Crippen LogP) is 4.12. The molecule has 3 aromatic carbocycles. The van der Waals surface area contributed by atoms with Crippen LogP contribution in [0.3, 0.4) is 0 Å². The zero-order chi connectivity index (χ0) is 28.5. The molecule has 3 N–H and O–H groups in total. The highest BCUT2D eigenvalue weighted by molar-refractivity contribution is 5.94. The number of alkyl carbamates (subject to hydrolysis) is 1. The minimum absolute atomic E-state index is 0.0446. The van der Waals surface area contributed by atoms with E-state index >= 15 is 0 Å². The highest BCUT2D eigenvalue weighted by Gasteiger charge is 2.38. The summed E-state index contributed by atoms with van der Waals surface area (Å²) in [5, 5.41) is 16.1. The summed E-state index contributed by atoms with van der Waals surface area (Å²) in [6, 6.07) is 23.8. The molecule has 9 nitrogen and oxygen atoms in total. The minimum Gasteiger partial charge on any atom is -0.457 e. The van der Waals surface area contributed by atoms with Crippen molar-refractivity contribution >= 4 is 17.9 Å². The topological polar surface area (TPSA) is 117 Å². The Morgan fingerprint density at radius 1 is 0.900 bits per heavy atom. The average Bonchev–Trinajstić information content (AvgIpc) is 3.32. The number of ether oxygens (including phenoxy) is 2. The van der Waals surface area contributed by atoms with E-state index < -0.39 is 24.3 Å². The maximum absolute atomic E-state index is 13.3. The summed E-state index contributed by atoms with van der Waals surface area (Å²) in [7, 11) is 0. The van der Waals surface area contributed by atoms with E-state index in [4.69, 9.17) is 9.47 Å². The third-order valence-corrected chi connectivity index (χ3v) is 6.52. The van der Waals surface area contributed by atoms with Crippen LogP contribution < -0.4 is 15.4 Å². The van der Waals surface area contributed by atoms with Gasteiger partial charge in [-0.1, -0.05) is 62.4 Å². The second-order valence-electron chi connectivity index (χ2n) is 10.2. The van der Waals surface area contributed by atoms with Crippen LogP contribution >= 0.6 is 0 Å². The van der Waals surface area contributed by atoms with E-state index in [1.807, 2.05) is 74.5 Å². The largest absolute Gasteiger partial charge is 0.457 e. The van der Waals surface area contributed by atoms with Crippen molar-refractivity contribution in [2.75, 3.05) is 13.1 Å². The Balaban J connectivity index is 1.31. The van der Waals surface area contributed by atoms with Crippen molar-refractivity contribution in [1.82, 2.24) is 15.5 Å². The fraction of sp³-hybridized carbons (Fsp3) is 0.323. The van der Waals surface area contributed by atoms with E-state index in [9.17, 15) is 19.5 Å². The molecule has 0 bridgehead atoms. The number of carbonyl (C=O) groups is 3. The summed E-state index contributed by atoms with van der Waals surface area (Å²) in [6.45, 7) is 4.16. The van der Waals surface area contributed by atoms with Crippen molar-refractivity contribution < 1.29 is 29.0 Å². The van der Waals surface area contributed by atoms with Crippen LogP contribution in [0.5, 0.6) is 11.5 Å². The molecule has 0 aliphatic carbocycles. The van der Waals surface area contributed by atoms with E-state index in [1.54, 1.807) is 24.3 Å². The quantitative estimate of drug-likeness (QED) is 0.353. The molecular weight excluding hydrogens is 510 g/mol. The number of amides is 3. The van der Waals surface area contributed by atoms with E-state index in [0.29, 0.717) is 23.5 Å². The van der Waals surface area contributed by atoms with Gasteiger partial charge in [-0.25, -0.2) is 4.79 Å². The van der Waals surface area contributed by atoms with Gasteiger partial charge in [0, 0.05) is 18.7 Å². The SMILES string of the molecule is CC(C)C[C@H](NC(=O)OCc1ccccc1)C(=O)N1CC(O)C(NC(=O)c2ccc(Oc3ccccc3)cc2)C1. The van der Waals surface area contributed by atoms with Crippen molar-refractivity contribution in [3.63, 3.8) is 0 Å². The first-order chi connectivity index (χ1) is 19.3. The number of aliphatic hydroxyl groups is 1. The molecule has 0 aromatic heterocycles. The van der Waals surface area contributed by atoms with Crippen LogP contribution in [-0.4, -0.2) is 59.2 Å². The number of aliphatic hydroxyl groups excluding tert-OH is 1. The number of para-hydroxylation sites is 1. The van der Waals surface area contributed by atoms with Crippen LogP contribution in [0.15, 0.2) is 84.9 Å². The van der Waals surface area contributed by atoms with Gasteiger partial charge >= 0.3 is 6.09 Å². The van der Waals surface area contributed by atoms with Crippen LogP contribution in [0.1, 0.15) is 36.2 Å². The normalized spacial score (nSPS) is 17.2. The lowest BCUT2D eigenvalue weighted by molar-refractivity contribution is -0.133. The number of benzene rings is 3. The molecule has 0 radical (unpaired) electrons. The molecule has 3 amide bonds. The van der Waals surface area contributed by atoms with Gasteiger partial charge in [0.1, 0.15) is 24.1 Å². The standard InChI is InChI=1S/C31H35N3O6/c1-21(2)17-26(33-31(38)39-20-22-9-5-3-6-10-22)30(37)34-18-27(28(35)19-34)32-29(36)23-13-15-25(16-14-23)40-24-11-7-4-8-12-24/h3-16,21,26-28,35H,17-20H2,1-2H3,(H,32,36)(H,33,38)/t26-,27?,28?/m0/s1. The molecular formula is C31H35N3O6. The van der Waals surface area contributed by atoms with Crippen LogP contribution in [-0.2, 0) is 16.1 Å². The molecule has 1 heterocycles. The third kappa shape index (κ3) is 8.07. The van der Waals surface area contributed by atoms with Crippen molar-refractivity contribution in [3.05, 3.63) is 96.1 Å². The summed E-state index contributed by atoms with van der Waals surface area (Å²) in [6.07, 6.45) is -1.23. The lowest BCUT2D eigenvalue weighted by Gasteiger charge is -2.25. The van der Waals surface area contributed by atoms with Gasteiger partial charge in [-0.3, -0.25) is 9.59 Å². The monoisotopic (exact) mass is 545 g/mol. The number of carbonyl (C=O) groups excluding carboxylic acids is 3. The zero-order valence-corrected chi connectivity index (χ0v) is 22.7. The van der Waals surface area contributed by atoms with Gasteiger partial charge in [0.2, 0.25) is 5.91 Å². The van der Waals surface area contributed by atoms with Crippen LogP contribution in [0.25, 0.3) is 0 Å². The lowest BCUT2D eigenvalue weighted by Crippen LogP contribution is -2.49. The molecule has 1 aliphatic rings. The summed E-state index contributed by atoms with van der Waals surface area (Å²) in [5.74, 6) is 0.703. The Morgan fingerprint density at radius 2 is 1.52 bits per heavy atom. The molecule has 4 rings (SSSR count). The zero-order valence-electron chi connectivity index (χ0n) is 22.7. The summed E-state index contributed by atoms with van der Waals surface area (Å²) >= 11 is 0. The van der Waals surface area contributed by atoms with Gasteiger partial charge in [-0.05, 0) is 54.3 Å². The third-order valence-electron chi connectivity index (χ3n) is 6.52. The van der Waals surface area contributed by atoms with E-state index in [1.165, 1.54) is 4.90 Å². The van der Waals surface area contributed by atoms with Gasteiger partial charge in [0.05, 0.1) is 12.1 Å². The summed E-state index contributed by atoms with van der Waals surface area (Å²) in [5.41, 5.74) is 1.24. The fourth-order valence-corrected chi connectivity index (χ4v) is 4.48.